The number of rotatable bonds is 5. The molecule has 0 unspecified atom stereocenters. The number of carbonyl (C=O) groups is 2. The fourth-order valence-corrected chi connectivity index (χ4v) is 6.40. The number of halogens is 1. The SMILES string of the molecule is CCCOC(=O)c1c(NC(=O)c2sc3cc(C)ccc3c2Cl)sc2c1CCCC2. The number of fused-ring (bicyclic) bond motifs is 2. The fraction of sp³-hybridized carbons (Fsp3) is 0.364. The summed E-state index contributed by atoms with van der Waals surface area (Å²) in [6, 6.07) is 5.95. The lowest BCUT2D eigenvalue weighted by Gasteiger charge is -2.12. The number of esters is 1. The number of thiophene rings is 2. The molecule has 1 aliphatic rings. The van der Waals surface area contributed by atoms with E-state index in [2.05, 4.69) is 5.32 Å². The van der Waals surface area contributed by atoms with Gasteiger partial charge in [0.25, 0.3) is 5.91 Å². The van der Waals surface area contributed by atoms with E-state index in [0.717, 1.165) is 53.3 Å². The second kappa shape index (κ2) is 8.46. The zero-order chi connectivity index (χ0) is 20.5. The highest BCUT2D eigenvalue weighted by Crippen LogP contribution is 2.40. The molecule has 2 heterocycles. The number of hydrogen-bond acceptors (Lipinski definition) is 5. The van der Waals surface area contributed by atoms with Gasteiger partial charge in [0, 0.05) is 15.0 Å². The van der Waals surface area contributed by atoms with Crippen LogP contribution in [-0.4, -0.2) is 18.5 Å². The minimum absolute atomic E-state index is 0.281. The van der Waals surface area contributed by atoms with E-state index in [9.17, 15) is 9.59 Å². The van der Waals surface area contributed by atoms with Crippen molar-refractivity contribution in [2.75, 3.05) is 11.9 Å². The third kappa shape index (κ3) is 3.93. The zero-order valence-electron chi connectivity index (χ0n) is 16.4. The Morgan fingerprint density at radius 1 is 1.21 bits per heavy atom. The normalized spacial score (nSPS) is 13.3. The van der Waals surface area contributed by atoms with Crippen LogP contribution in [0.15, 0.2) is 18.2 Å². The minimum atomic E-state index is -0.348. The van der Waals surface area contributed by atoms with Crippen molar-refractivity contribution in [1.29, 1.82) is 0 Å². The van der Waals surface area contributed by atoms with Crippen molar-refractivity contribution in [3.63, 3.8) is 0 Å². The molecule has 0 radical (unpaired) electrons. The van der Waals surface area contributed by atoms with E-state index >= 15 is 0 Å². The summed E-state index contributed by atoms with van der Waals surface area (Å²) in [5.74, 6) is -0.628. The maximum atomic E-state index is 13.1. The predicted molar refractivity (Wildman–Crippen MR) is 121 cm³/mol. The molecule has 29 heavy (non-hydrogen) atoms. The van der Waals surface area contributed by atoms with Crippen molar-refractivity contribution in [2.45, 2.75) is 46.0 Å². The zero-order valence-corrected chi connectivity index (χ0v) is 18.8. The molecular weight excluding hydrogens is 426 g/mol. The standard InChI is InChI=1S/C22H22ClNO3S2/c1-3-10-27-22(26)17-13-6-4-5-7-15(13)29-21(17)24-20(25)19-18(23)14-9-8-12(2)11-16(14)28-19/h8-9,11H,3-7,10H2,1-2H3,(H,24,25). The summed E-state index contributed by atoms with van der Waals surface area (Å²) in [5, 5.41) is 4.87. The van der Waals surface area contributed by atoms with Crippen LogP contribution in [0.1, 0.15) is 62.2 Å². The van der Waals surface area contributed by atoms with Crippen molar-refractivity contribution >= 4 is 61.2 Å². The van der Waals surface area contributed by atoms with Crippen LogP contribution in [0.3, 0.4) is 0 Å². The second-order valence-electron chi connectivity index (χ2n) is 7.25. The fourth-order valence-electron chi connectivity index (χ4n) is 3.62. The van der Waals surface area contributed by atoms with E-state index in [1.165, 1.54) is 27.6 Å². The van der Waals surface area contributed by atoms with Crippen molar-refractivity contribution in [3.05, 3.63) is 49.7 Å². The number of aryl methyl sites for hydroxylation is 2. The van der Waals surface area contributed by atoms with Gasteiger partial charge in [0.15, 0.2) is 0 Å². The summed E-state index contributed by atoms with van der Waals surface area (Å²) in [5.41, 5.74) is 2.68. The number of carbonyl (C=O) groups excluding carboxylic acids is 2. The molecular formula is C22H22ClNO3S2. The molecule has 0 atom stereocenters. The lowest BCUT2D eigenvalue weighted by molar-refractivity contribution is 0.0505. The summed E-state index contributed by atoms with van der Waals surface area (Å²) in [7, 11) is 0. The average molecular weight is 448 g/mol. The molecule has 4 nitrogen and oxygen atoms in total. The van der Waals surface area contributed by atoms with Gasteiger partial charge in [-0.2, -0.15) is 0 Å². The molecule has 0 aliphatic heterocycles. The molecule has 0 saturated heterocycles. The summed E-state index contributed by atoms with van der Waals surface area (Å²) < 4.78 is 6.39. The Morgan fingerprint density at radius 3 is 2.79 bits per heavy atom. The lowest BCUT2D eigenvalue weighted by atomic mass is 9.95. The molecule has 2 aromatic heterocycles. The van der Waals surface area contributed by atoms with Gasteiger partial charge < -0.3 is 10.1 Å². The van der Waals surface area contributed by atoms with Gasteiger partial charge in [-0.25, -0.2) is 4.79 Å². The Morgan fingerprint density at radius 2 is 2.00 bits per heavy atom. The Labute approximate surface area is 182 Å². The molecule has 0 spiro atoms. The third-order valence-electron chi connectivity index (χ3n) is 5.03. The Bertz CT molecular complexity index is 1100. The molecule has 7 heteroatoms. The summed E-state index contributed by atoms with van der Waals surface area (Å²) in [6.07, 6.45) is 4.70. The molecule has 4 rings (SSSR count). The Kier molecular flexibility index (Phi) is 5.95. The van der Waals surface area contributed by atoms with E-state index in [1.807, 2.05) is 32.0 Å². The van der Waals surface area contributed by atoms with Gasteiger partial charge in [0.2, 0.25) is 0 Å². The quantitative estimate of drug-likeness (QED) is 0.447. The van der Waals surface area contributed by atoms with Crippen LogP contribution in [0.5, 0.6) is 0 Å². The first-order valence-corrected chi connectivity index (χ1v) is 11.8. The lowest BCUT2D eigenvalue weighted by Crippen LogP contribution is -2.15. The van der Waals surface area contributed by atoms with Gasteiger partial charge in [0.05, 0.1) is 17.2 Å². The summed E-state index contributed by atoms with van der Waals surface area (Å²) in [6.45, 7) is 4.35. The summed E-state index contributed by atoms with van der Waals surface area (Å²) >= 11 is 9.37. The molecule has 1 N–H and O–H groups in total. The number of ether oxygens (including phenoxy) is 1. The second-order valence-corrected chi connectivity index (χ2v) is 9.79. The number of hydrogen-bond donors (Lipinski definition) is 1. The van der Waals surface area contributed by atoms with E-state index in [4.69, 9.17) is 16.3 Å². The first kappa shape index (κ1) is 20.4. The largest absolute Gasteiger partial charge is 0.462 e. The summed E-state index contributed by atoms with van der Waals surface area (Å²) in [4.78, 5) is 27.4. The highest BCUT2D eigenvalue weighted by Gasteiger charge is 2.28. The number of benzene rings is 1. The van der Waals surface area contributed by atoms with Crippen molar-refractivity contribution in [1.82, 2.24) is 0 Å². The maximum absolute atomic E-state index is 13.1. The Hall–Kier alpha value is -1.89. The van der Waals surface area contributed by atoms with Crippen LogP contribution < -0.4 is 5.32 Å². The molecule has 152 valence electrons. The Balaban J connectivity index is 1.68. The number of anilines is 1. The van der Waals surface area contributed by atoms with Gasteiger partial charge in [-0.1, -0.05) is 30.7 Å². The number of nitrogens with one attached hydrogen (secondary N) is 1. The monoisotopic (exact) mass is 447 g/mol. The number of amides is 1. The molecule has 1 amide bonds. The molecule has 0 fully saturated rings. The van der Waals surface area contributed by atoms with E-state index in [0.29, 0.717) is 27.1 Å². The van der Waals surface area contributed by atoms with Crippen LogP contribution in [0.4, 0.5) is 5.00 Å². The van der Waals surface area contributed by atoms with E-state index in [-0.39, 0.29) is 11.9 Å². The molecule has 1 aromatic carbocycles. The van der Waals surface area contributed by atoms with Crippen LogP contribution in [0.25, 0.3) is 10.1 Å². The van der Waals surface area contributed by atoms with Crippen LogP contribution in [0, 0.1) is 6.92 Å². The maximum Gasteiger partial charge on any atom is 0.341 e. The van der Waals surface area contributed by atoms with E-state index < -0.39 is 0 Å². The van der Waals surface area contributed by atoms with Gasteiger partial charge in [-0.05, 0) is 56.2 Å². The van der Waals surface area contributed by atoms with Crippen LogP contribution in [0.2, 0.25) is 5.02 Å². The third-order valence-corrected chi connectivity index (χ3v) is 7.89. The van der Waals surface area contributed by atoms with Gasteiger partial charge in [-0.3, -0.25) is 4.79 Å². The predicted octanol–water partition coefficient (Wildman–Crippen LogP) is 6.62. The van der Waals surface area contributed by atoms with Crippen LogP contribution >= 0.6 is 34.3 Å². The molecule has 3 aromatic rings. The molecule has 1 aliphatic carbocycles. The van der Waals surface area contributed by atoms with Gasteiger partial charge >= 0.3 is 5.97 Å². The van der Waals surface area contributed by atoms with Crippen molar-refractivity contribution in [2.24, 2.45) is 0 Å². The topological polar surface area (TPSA) is 55.4 Å². The molecule has 0 bridgehead atoms. The first-order valence-electron chi connectivity index (χ1n) is 9.81. The van der Waals surface area contributed by atoms with Gasteiger partial charge in [-0.15, -0.1) is 22.7 Å². The smallest absolute Gasteiger partial charge is 0.341 e. The van der Waals surface area contributed by atoms with Gasteiger partial charge in [0.1, 0.15) is 9.88 Å². The minimum Gasteiger partial charge on any atom is -0.462 e. The van der Waals surface area contributed by atoms with Crippen molar-refractivity contribution in [3.8, 4) is 0 Å². The van der Waals surface area contributed by atoms with Crippen molar-refractivity contribution < 1.29 is 14.3 Å². The first-order chi connectivity index (χ1) is 14.0. The highest BCUT2D eigenvalue weighted by molar-refractivity contribution is 7.22. The average Bonchev–Trinajstić information content (AvgIpc) is 3.23. The molecule has 0 saturated carbocycles. The van der Waals surface area contributed by atoms with Crippen LogP contribution in [-0.2, 0) is 17.6 Å². The highest BCUT2D eigenvalue weighted by atomic mass is 35.5. The van der Waals surface area contributed by atoms with E-state index in [1.54, 1.807) is 0 Å².